The van der Waals surface area contributed by atoms with Crippen LogP contribution in [-0.2, 0) is 6.54 Å². The summed E-state index contributed by atoms with van der Waals surface area (Å²) in [4.78, 5) is 0. The molecule has 10 heavy (non-hydrogen) atoms. The summed E-state index contributed by atoms with van der Waals surface area (Å²) in [5.41, 5.74) is 0. The molecule has 0 aliphatic carbocycles. The van der Waals surface area contributed by atoms with Gasteiger partial charge in [0.15, 0.2) is 0 Å². The van der Waals surface area contributed by atoms with Crippen LogP contribution in [-0.4, -0.2) is 4.57 Å². The molecule has 0 fully saturated rings. The molecular weight excluding hydrogens is 122 g/mol. The predicted molar refractivity (Wildman–Crippen MR) is 43.9 cm³/mol. The normalized spacial score (nSPS) is 10.9. The lowest BCUT2D eigenvalue weighted by Crippen LogP contribution is -1.88. The number of hydrogen-bond donors (Lipinski definition) is 0. The molecule has 54 valence electrons. The SMILES string of the molecule is CC/C=C/Cn1cccc1. The molecule has 1 nitrogen and oxygen atoms in total. The monoisotopic (exact) mass is 135 g/mol. The van der Waals surface area contributed by atoms with Crippen LogP contribution < -0.4 is 0 Å². The lowest BCUT2D eigenvalue weighted by atomic mass is 10.4. The van der Waals surface area contributed by atoms with E-state index in [9.17, 15) is 0 Å². The fourth-order valence-electron chi connectivity index (χ4n) is 0.855. The van der Waals surface area contributed by atoms with Crippen molar-refractivity contribution >= 4 is 0 Å². The van der Waals surface area contributed by atoms with E-state index in [1.165, 1.54) is 0 Å². The molecule has 0 spiro atoms. The van der Waals surface area contributed by atoms with Gasteiger partial charge in [-0.15, -0.1) is 0 Å². The van der Waals surface area contributed by atoms with Gasteiger partial charge in [0.05, 0.1) is 0 Å². The Hall–Kier alpha value is -0.980. The van der Waals surface area contributed by atoms with Gasteiger partial charge in [0, 0.05) is 18.9 Å². The van der Waals surface area contributed by atoms with Crippen LogP contribution in [0.25, 0.3) is 0 Å². The summed E-state index contributed by atoms with van der Waals surface area (Å²) in [6.45, 7) is 3.15. The third-order valence-electron chi connectivity index (χ3n) is 1.38. The Kier molecular flexibility index (Phi) is 2.81. The minimum Gasteiger partial charge on any atom is -0.351 e. The summed E-state index contributed by atoms with van der Waals surface area (Å²) in [6.07, 6.45) is 9.63. The molecule has 0 saturated carbocycles. The third kappa shape index (κ3) is 2.09. The molecule has 0 amide bonds. The maximum absolute atomic E-state index is 2.18. The number of rotatable bonds is 3. The van der Waals surface area contributed by atoms with Gasteiger partial charge in [-0.05, 0) is 18.6 Å². The van der Waals surface area contributed by atoms with Crippen molar-refractivity contribution < 1.29 is 0 Å². The van der Waals surface area contributed by atoms with E-state index in [4.69, 9.17) is 0 Å². The summed E-state index contributed by atoms with van der Waals surface area (Å²) >= 11 is 0. The van der Waals surface area contributed by atoms with Crippen LogP contribution in [0, 0.1) is 0 Å². The molecule has 1 aromatic rings. The highest BCUT2D eigenvalue weighted by Gasteiger charge is 1.80. The van der Waals surface area contributed by atoms with Crippen molar-refractivity contribution in [2.45, 2.75) is 19.9 Å². The van der Waals surface area contributed by atoms with Gasteiger partial charge in [0.25, 0.3) is 0 Å². The summed E-state index contributed by atoms with van der Waals surface area (Å²) in [5.74, 6) is 0. The van der Waals surface area contributed by atoms with Gasteiger partial charge in [0.1, 0.15) is 0 Å². The van der Waals surface area contributed by atoms with Gasteiger partial charge in [-0.2, -0.15) is 0 Å². The second-order valence-electron chi connectivity index (χ2n) is 2.26. The average molecular weight is 135 g/mol. The summed E-state index contributed by atoms with van der Waals surface area (Å²) in [5, 5.41) is 0. The van der Waals surface area contributed by atoms with Crippen LogP contribution >= 0.6 is 0 Å². The molecule has 0 bridgehead atoms. The Balaban J connectivity index is 2.34. The van der Waals surface area contributed by atoms with Gasteiger partial charge < -0.3 is 4.57 Å². The zero-order valence-electron chi connectivity index (χ0n) is 6.33. The van der Waals surface area contributed by atoms with Crippen LogP contribution in [0.15, 0.2) is 36.7 Å². The van der Waals surface area contributed by atoms with Crippen molar-refractivity contribution in [2.75, 3.05) is 0 Å². The highest BCUT2D eigenvalue weighted by Crippen LogP contribution is 1.90. The van der Waals surface area contributed by atoms with E-state index in [0.717, 1.165) is 13.0 Å². The first kappa shape index (κ1) is 7.13. The summed E-state index contributed by atoms with van der Waals surface area (Å²) in [7, 11) is 0. The van der Waals surface area contributed by atoms with Crippen molar-refractivity contribution in [3.63, 3.8) is 0 Å². The highest BCUT2D eigenvalue weighted by molar-refractivity contribution is 4.93. The van der Waals surface area contributed by atoms with Crippen molar-refractivity contribution in [2.24, 2.45) is 0 Å². The zero-order chi connectivity index (χ0) is 7.23. The maximum atomic E-state index is 2.18. The lowest BCUT2D eigenvalue weighted by Gasteiger charge is -1.93. The smallest absolute Gasteiger partial charge is 0.0400 e. The fraction of sp³-hybridized carbons (Fsp3) is 0.333. The molecule has 0 unspecified atom stereocenters. The van der Waals surface area contributed by atoms with Crippen LogP contribution in [0.4, 0.5) is 0 Å². The Morgan fingerprint density at radius 2 is 1.90 bits per heavy atom. The van der Waals surface area contributed by atoms with E-state index in [2.05, 4.69) is 36.0 Å². The molecule has 1 heterocycles. The Labute approximate surface area is 62.0 Å². The van der Waals surface area contributed by atoms with Gasteiger partial charge in [-0.1, -0.05) is 19.1 Å². The first-order valence-electron chi connectivity index (χ1n) is 3.69. The minimum atomic E-state index is 1.00. The molecule has 0 aromatic carbocycles. The van der Waals surface area contributed by atoms with E-state index in [-0.39, 0.29) is 0 Å². The van der Waals surface area contributed by atoms with Gasteiger partial charge in [-0.25, -0.2) is 0 Å². The largest absolute Gasteiger partial charge is 0.351 e. The molecule has 0 atom stereocenters. The standard InChI is InChI=1S/C9H13N/c1-2-3-4-7-10-8-5-6-9-10/h3-6,8-9H,2,7H2,1H3/b4-3+. The molecule has 1 heteroatoms. The molecule has 0 aliphatic rings. The minimum absolute atomic E-state index is 1.00. The van der Waals surface area contributed by atoms with E-state index >= 15 is 0 Å². The lowest BCUT2D eigenvalue weighted by molar-refractivity contribution is 0.827. The van der Waals surface area contributed by atoms with Gasteiger partial charge >= 0.3 is 0 Å². The molecule has 0 N–H and O–H groups in total. The van der Waals surface area contributed by atoms with Crippen molar-refractivity contribution in [1.29, 1.82) is 0 Å². The Morgan fingerprint density at radius 3 is 2.50 bits per heavy atom. The summed E-state index contributed by atoms with van der Waals surface area (Å²) < 4.78 is 2.14. The molecule has 0 radical (unpaired) electrons. The maximum Gasteiger partial charge on any atom is 0.0400 e. The molecule has 0 saturated heterocycles. The second-order valence-corrected chi connectivity index (χ2v) is 2.26. The molecular formula is C9H13N. The highest BCUT2D eigenvalue weighted by atomic mass is 14.9. The number of allylic oxidation sites excluding steroid dienone is 2. The zero-order valence-corrected chi connectivity index (χ0v) is 6.33. The molecule has 0 aliphatic heterocycles. The predicted octanol–water partition coefficient (Wildman–Crippen LogP) is 2.45. The van der Waals surface area contributed by atoms with Crippen LogP contribution in [0.5, 0.6) is 0 Å². The fourth-order valence-corrected chi connectivity index (χ4v) is 0.855. The van der Waals surface area contributed by atoms with Crippen LogP contribution in [0.2, 0.25) is 0 Å². The van der Waals surface area contributed by atoms with E-state index in [1.54, 1.807) is 0 Å². The number of nitrogens with zero attached hydrogens (tertiary/aromatic N) is 1. The molecule has 1 rings (SSSR count). The number of aromatic nitrogens is 1. The quantitative estimate of drug-likeness (QED) is 0.561. The van der Waals surface area contributed by atoms with Gasteiger partial charge in [-0.3, -0.25) is 0 Å². The number of hydrogen-bond acceptors (Lipinski definition) is 0. The van der Waals surface area contributed by atoms with Crippen molar-refractivity contribution in [3.8, 4) is 0 Å². The van der Waals surface area contributed by atoms with Crippen molar-refractivity contribution in [3.05, 3.63) is 36.7 Å². The summed E-state index contributed by atoms with van der Waals surface area (Å²) in [6, 6.07) is 4.08. The first-order chi connectivity index (χ1) is 4.93. The Bertz CT molecular complexity index is 185. The first-order valence-corrected chi connectivity index (χ1v) is 3.69. The van der Waals surface area contributed by atoms with E-state index in [0.29, 0.717) is 0 Å². The average Bonchev–Trinajstić information content (AvgIpc) is 2.41. The topological polar surface area (TPSA) is 4.93 Å². The Morgan fingerprint density at radius 1 is 1.20 bits per heavy atom. The van der Waals surface area contributed by atoms with E-state index < -0.39 is 0 Å². The second kappa shape index (κ2) is 3.94. The van der Waals surface area contributed by atoms with Gasteiger partial charge in [0.2, 0.25) is 0 Å². The third-order valence-corrected chi connectivity index (χ3v) is 1.38. The molecule has 1 aromatic heterocycles. The van der Waals surface area contributed by atoms with Crippen molar-refractivity contribution in [1.82, 2.24) is 4.57 Å². The van der Waals surface area contributed by atoms with Crippen LogP contribution in [0.3, 0.4) is 0 Å². The van der Waals surface area contributed by atoms with Crippen LogP contribution in [0.1, 0.15) is 13.3 Å². The van der Waals surface area contributed by atoms with E-state index in [1.807, 2.05) is 12.1 Å².